The fourth-order valence-electron chi connectivity index (χ4n) is 3.03. The van der Waals surface area contributed by atoms with Crippen LogP contribution in [0.3, 0.4) is 0 Å². The SMILES string of the molecule is CCCCN(CCCC)CCCOc1ccc(S(=O)(=O)c2ccccc2)cc1.O=C(O)C(=O)O. The number of unbranched alkanes of at least 4 members (excludes halogenated alkanes) is 2. The van der Waals surface area contributed by atoms with Crippen molar-refractivity contribution >= 4 is 21.8 Å². The van der Waals surface area contributed by atoms with Crippen LogP contribution in [-0.4, -0.2) is 61.7 Å². The van der Waals surface area contributed by atoms with Crippen LogP contribution in [0.5, 0.6) is 5.75 Å². The monoisotopic (exact) mass is 493 g/mol. The number of benzene rings is 2. The molecule has 8 nitrogen and oxygen atoms in total. The second kappa shape index (κ2) is 15.8. The third kappa shape index (κ3) is 10.8. The first-order valence-electron chi connectivity index (χ1n) is 11.4. The van der Waals surface area contributed by atoms with Crippen molar-refractivity contribution in [3.63, 3.8) is 0 Å². The molecule has 34 heavy (non-hydrogen) atoms. The van der Waals surface area contributed by atoms with E-state index in [1.807, 2.05) is 6.07 Å². The predicted molar refractivity (Wildman–Crippen MR) is 130 cm³/mol. The zero-order valence-corrected chi connectivity index (χ0v) is 20.7. The summed E-state index contributed by atoms with van der Waals surface area (Å²) in [5, 5.41) is 14.8. The van der Waals surface area contributed by atoms with E-state index in [2.05, 4.69) is 18.7 Å². The Morgan fingerprint density at radius 1 is 0.765 bits per heavy atom. The molecule has 9 heteroatoms. The normalized spacial score (nSPS) is 10.9. The lowest BCUT2D eigenvalue weighted by Gasteiger charge is -2.21. The van der Waals surface area contributed by atoms with E-state index in [0.29, 0.717) is 17.3 Å². The summed E-state index contributed by atoms with van der Waals surface area (Å²) in [6, 6.07) is 15.2. The first kappa shape index (κ1) is 29.1. The number of carboxylic acids is 2. The van der Waals surface area contributed by atoms with Gasteiger partial charge in [0.05, 0.1) is 16.4 Å². The van der Waals surface area contributed by atoms with E-state index < -0.39 is 21.8 Å². The third-order valence-electron chi connectivity index (χ3n) is 4.91. The average Bonchev–Trinajstić information content (AvgIpc) is 2.84. The Morgan fingerprint density at radius 3 is 1.71 bits per heavy atom. The second-order valence-corrected chi connectivity index (χ2v) is 9.60. The van der Waals surface area contributed by atoms with Crippen molar-refractivity contribution in [3.8, 4) is 5.75 Å². The molecule has 0 amide bonds. The van der Waals surface area contributed by atoms with Crippen LogP contribution in [-0.2, 0) is 19.4 Å². The molecular weight excluding hydrogens is 458 g/mol. The number of sulfone groups is 1. The van der Waals surface area contributed by atoms with Gasteiger partial charge in [0.25, 0.3) is 0 Å². The van der Waals surface area contributed by atoms with Crippen molar-refractivity contribution in [3.05, 3.63) is 54.6 Å². The molecule has 0 bridgehead atoms. The molecule has 0 aliphatic carbocycles. The Morgan fingerprint density at radius 2 is 1.24 bits per heavy atom. The molecule has 2 N–H and O–H groups in total. The number of carbonyl (C=O) groups is 2. The molecule has 0 atom stereocenters. The molecule has 2 aromatic rings. The van der Waals surface area contributed by atoms with Crippen LogP contribution >= 0.6 is 0 Å². The minimum absolute atomic E-state index is 0.288. The molecule has 0 spiro atoms. The van der Waals surface area contributed by atoms with Crippen molar-refractivity contribution in [1.29, 1.82) is 0 Å². The molecule has 0 fully saturated rings. The summed E-state index contributed by atoms with van der Waals surface area (Å²) in [5.74, 6) is -2.94. The molecule has 0 saturated heterocycles. The molecule has 0 aromatic heterocycles. The van der Waals surface area contributed by atoms with Gasteiger partial charge in [-0.25, -0.2) is 18.0 Å². The molecule has 0 saturated carbocycles. The van der Waals surface area contributed by atoms with Crippen LogP contribution in [0.1, 0.15) is 46.0 Å². The summed E-state index contributed by atoms with van der Waals surface area (Å²) in [6.45, 7) is 8.44. The Bertz CT molecular complexity index is 941. The molecule has 0 unspecified atom stereocenters. The highest BCUT2D eigenvalue weighted by atomic mass is 32.2. The number of nitrogens with zero attached hydrogens (tertiary/aromatic N) is 1. The number of aliphatic carboxylic acids is 2. The molecule has 0 aliphatic rings. The van der Waals surface area contributed by atoms with E-state index >= 15 is 0 Å². The molecule has 0 radical (unpaired) electrons. The van der Waals surface area contributed by atoms with Crippen molar-refractivity contribution in [2.75, 3.05) is 26.2 Å². The van der Waals surface area contributed by atoms with Gasteiger partial charge in [0, 0.05) is 6.54 Å². The third-order valence-corrected chi connectivity index (χ3v) is 6.70. The van der Waals surface area contributed by atoms with Crippen LogP contribution in [0.4, 0.5) is 0 Å². The largest absolute Gasteiger partial charge is 0.494 e. The molecule has 0 heterocycles. The summed E-state index contributed by atoms with van der Waals surface area (Å²) in [4.78, 5) is 21.3. The summed E-state index contributed by atoms with van der Waals surface area (Å²) in [6.07, 6.45) is 5.88. The maximum atomic E-state index is 12.6. The minimum Gasteiger partial charge on any atom is -0.494 e. The summed E-state index contributed by atoms with van der Waals surface area (Å²) < 4.78 is 31.0. The fourth-order valence-corrected chi connectivity index (χ4v) is 4.31. The number of ether oxygens (including phenoxy) is 1. The van der Waals surface area contributed by atoms with Gasteiger partial charge in [-0.05, 0) is 68.8 Å². The molecule has 2 rings (SSSR count). The van der Waals surface area contributed by atoms with Gasteiger partial charge in [0.2, 0.25) is 9.84 Å². The van der Waals surface area contributed by atoms with Gasteiger partial charge < -0.3 is 19.8 Å². The fraction of sp³-hybridized carbons (Fsp3) is 0.440. The smallest absolute Gasteiger partial charge is 0.414 e. The van der Waals surface area contributed by atoms with Crippen LogP contribution in [0.15, 0.2) is 64.4 Å². The highest BCUT2D eigenvalue weighted by molar-refractivity contribution is 7.91. The average molecular weight is 494 g/mol. The number of carboxylic acid groups (broad SMARTS) is 2. The van der Waals surface area contributed by atoms with E-state index in [-0.39, 0.29) is 4.90 Å². The predicted octanol–water partition coefficient (Wildman–Crippen LogP) is 4.35. The quantitative estimate of drug-likeness (QED) is 0.312. The zero-order chi connectivity index (χ0) is 25.4. The Kier molecular flexibility index (Phi) is 13.6. The van der Waals surface area contributed by atoms with Crippen LogP contribution in [0.25, 0.3) is 0 Å². The minimum atomic E-state index is -3.47. The zero-order valence-electron chi connectivity index (χ0n) is 19.9. The second-order valence-electron chi connectivity index (χ2n) is 7.65. The standard InChI is InChI=1S/C23H33NO3S.C2H2O4/c1-3-5-17-24(18-6-4-2)19-10-20-27-21-13-15-23(16-14-21)28(25,26)22-11-8-7-9-12-22;3-1(4)2(5)6/h7-9,11-16H,3-6,10,17-20H2,1-2H3;(H,3,4)(H,5,6). The number of hydrogen-bond donors (Lipinski definition) is 2. The van der Waals surface area contributed by atoms with Crippen molar-refractivity contribution in [2.45, 2.75) is 55.7 Å². The van der Waals surface area contributed by atoms with Crippen LogP contribution in [0.2, 0.25) is 0 Å². The molecule has 188 valence electrons. The Balaban J connectivity index is 0.000000852. The maximum absolute atomic E-state index is 12.6. The van der Waals surface area contributed by atoms with E-state index in [0.717, 1.165) is 26.1 Å². The van der Waals surface area contributed by atoms with Crippen LogP contribution in [0, 0.1) is 0 Å². The van der Waals surface area contributed by atoms with Gasteiger partial charge >= 0.3 is 11.9 Å². The lowest BCUT2D eigenvalue weighted by atomic mass is 10.2. The van der Waals surface area contributed by atoms with Gasteiger partial charge in [-0.15, -0.1) is 0 Å². The molecule has 2 aromatic carbocycles. The lowest BCUT2D eigenvalue weighted by molar-refractivity contribution is -0.159. The maximum Gasteiger partial charge on any atom is 0.414 e. The van der Waals surface area contributed by atoms with Crippen molar-refractivity contribution in [2.24, 2.45) is 0 Å². The van der Waals surface area contributed by atoms with E-state index in [9.17, 15) is 8.42 Å². The van der Waals surface area contributed by atoms with Gasteiger partial charge in [-0.2, -0.15) is 0 Å². The van der Waals surface area contributed by atoms with Gasteiger partial charge in [-0.3, -0.25) is 0 Å². The van der Waals surface area contributed by atoms with E-state index in [1.54, 1.807) is 48.5 Å². The first-order chi connectivity index (χ1) is 16.2. The molecular formula is C25H35NO7S. The summed E-state index contributed by atoms with van der Waals surface area (Å²) >= 11 is 0. The molecule has 0 aliphatic heterocycles. The van der Waals surface area contributed by atoms with E-state index in [4.69, 9.17) is 24.5 Å². The topological polar surface area (TPSA) is 121 Å². The van der Waals surface area contributed by atoms with Gasteiger partial charge in [0.1, 0.15) is 5.75 Å². The highest BCUT2D eigenvalue weighted by Crippen LogP contribution is 2.23. The van der Waals surface area contributed by atoms with Crippen molar-refractivity contribution in [1.82, 2.24) is 4.90 Å². The van der Waals surface area contributed by atoms with E-state index in [1.165, 1.54) is 25.7 Å². The van der Waals surface area contributed by atoms with Crippen LogP contribution < -0.4 is 4.74 Å². The number of hydrogen-bond acceptors (Lipinski definition) is 6. The Hall–Kier alpha value is -2.91. The lowest BCUT2D eigenvalue weighted by Crippen LogP contribution is -2.28. The van der Waals surface area contributed by atoms with Gasteiger partial charge in [0.15, 0.2) is 0 Å². The van der Waals surface area contributed by atoms with Gasteiger partial charge in [-0.1, -0.05) is 44.9 Å². The first-order valence-corrected chi connectivity index (χ1v) is 12.9. The van der Waals surface area contributed by atoms with Crippen molar-refractivity contribution < 1.29 is 33.0 Å². The highest BCUT2D eigenvalue weighted by Gasteiger charge is 2.16. The number of rotatable bonds is 13. The Labute approximate surface area is 202 Å². The summed E-state index contributed by atoms with van der Waals surface area (Å²) in [7, 11) is -3.47. The summed E-state index contributed by atoms with van der Waals surface area (Å²) in [5.41, 5.74) is 0.